The van der Waals surface area contributed by atoms with Crippen LogP contribution >= 0.6 is 0 Å². The molecule has 0 aliphatic heterocycles. The van der Waals surface area contributed by atoms with E-state index in [9.17, 15) is 9.59 Å². The molecule has 2 unspecified atom stereocenters. The summed E-state index contributed by atoms with van der Waals surface area (Å²) < 4.78 is 5.90. The molecule has 1 N–H and O–H groups in total. The van der Waals surface area contributed by atoms with E-state index >= 15 is 0 Å². The first-order chi connectivity index (χ1) is 29.0. The molecule has 0 aromatic heterocycles. The number of ether oxygens (including phenoxy) is 1. The lowest BCUT2D eigenvalue weighted by molar-refractivity contribution is -0.145. The van der Waals surface area contributed by atoms with Gasteiger partial charge < -0.3 is 15.0 Å². The summed E-state index contributed by atoms with van der Waals surface area (Å²) in [6.45, 7) is 18.6. The Kier molecular flexibility index (Phi) is 39.9. The second kappa shape index (κ2) is 42.2. The average molecular weight is 832 g/mol. The van der Waals surface area contributed by atoms with Crippen LogP contribution in [-0.2, 0) is 14.3 Å². The monoisotopic (exact) mass is 832 g/mol. The number of nitrogens with one attached hydrogen (secondary N) is 1. The summed E-state index contributed by atoms with van der Waals surface area (Å²) >= 11 is 0. The Labute approximate surface area is 369 Å². The summed E-state index contributed by atoms with van der Waals surface area (Å²) in [5.74, 6) is 1.46. The third kappa shape index (κ3) is 34.1. The van der Waals surface area contributed by atoms with Gasteiger partial charge in [-0.3, -0.25) is 14.5 Å². The van der Waals surface area contributed by atoms with Crippen LogP contribution in [0, 0.1) is 11.8 Å². The smallest absolute Gasteiger partial charge is 0.305 e. The molecule has 1 amide bonds. The second-order valence-corrected chi connectivity index (χ2v) is 19.1. The number of likely N-dealkylation sites (N-methyl/N-ethyl adjacent to an activating group) is 1. The lowest BCUT2D eigenvalue weighted by atomic mass is 9.94. The van der Waals surface area contributed by atoms with E-state index in [-0.39, 0.29) is 11.9 Å². The Hall–Kier alpha value is -1.14. The van der Waals surface area contributed by atoms with Crippen molar-refractivity contribution >= 4 is 11.9 Å². The zero-order valence-electron chi connectivity index (χ0n) is 40.8. The number of hydrogen-bond donors (Lipinski definition) is 1. The van der Waals surface area contributed by atoms with Gasteiger partial charge in [0.15, 0.2) is 0 Å². The minimum Gasteiger partial charge on any atom is -0.465 e. The molecule has 6 nitrogen and oxygen atoms in total. The Bertz CT molecular complexity index is 850. The van der Waals surface area contributed by atoms with Crippen LogP contribution in [0.4, 0.5) is 0 Å². The highest BCUT2D eigenvalue weighted by molar-refractivity contribution is 5.75. The quantitative estimate of drug-likeness (QED) is 0.0489. The number of nitrogens with zero attached hydrogens (tertiary/aromatic N) is 2. The highest BCUT2D eigenvalue weighted by atomic mass is 16.5. The fraction of sp³-hybridized carbons (Fsp3) is 0.962. The normalized spacial score (nSPS) is 14.4. The summed E-state index contributed by atoms with van der Waals surface area (Å²) in [5.41, 5.74) is 0. The van der Waals surface area contributed by atoms with Gasteiger partial charge in [-0.15, -0.1) is 0 Å². The standard InChI is InChI=1S/C53H105N3O3/c1-6-11-15-19-21-27-36-49(35-25-17-13-8-3)47-54-52(57)41-29-23-33-43-55(45-46-56(10-5)51-39-31-32-40-51)44-34-24-30-42-53(58)59-48-50(37-26-18-14-9-4)38-28-22-20-16-12-7-2/h49-51H,6-48H2,1-5H3,(H,54,57). The van der Waals surface area contributed by atoms with E-state index in [1.54, 1.807) is 0 Å². The molecule has 0 aromatic rings. The molecular formula is C53H105N3O3. The van der Waals surface area contributed by atoms with Crippen LogP contribution in [-0.4, -0.2) is 73.6 Å². The third-order valence-corrected chi connectivity index (χ3v) is 13.6. The number of unbranched alkanes of at least 4 members (excludes halogenated alkanes) is 20. The highest BCUT2D eigenvalue weighted by Gasteiger charge is 2.22. The van der Waals surface area contributed by atoms with Gasteiger partial charge in [0.1, 0.15) is 0 Å². The summed E-state index contributed by atoms with van der Waals surface area (Å²) in [6, 6.07) is 0.773. The maximum atomic E-state index is 12.9. The fourth-order valence-electron chi connectivity index (χ4n) is 9.49. The summed E-state index contributed by atoms with van der Waals surface area (Å²) in [6.07, 6.45) is 44.6. The molecule has 2 atom stereocenters. The number of carbonyl (C=O) groups is 2. The van der Waals surface area contributed by atoms with Crippen molar-refractivity contribution in [2.75, 3.05) is 45.9 Å². The Morgan fingerprint density at radius 3 is 1.46 bits per heavy atom. The van der Waals surface area contributed by atoms with Crippen molar-refractivity contribution in [2.24, 2.45) is 11.8 Å². The molecule has 0 heterocycles. The number of hydrogen-bond acceptors (Lipinski definition) is 5. The van der Waals surface area contributed by atoms with Gasteiger partial charge in [0.2, 0.25) is 5.91 Å². The summed E-state index contributed by atoms with van der Waals surface area (Å²) in [7, 11) is 0. The molecule has 0 radical (unpaired) electrons. The second-order valence-electron chi connectivity index (χ2n) is 19.1. The van der Waals surface area contributed by atoms with E-state index in [4.69, 9.17) is 4.74 Å². The third-order valence-electron chi connectivity index (χ3n) is 13.6. The van der Waals surface area contributed by atoms with Crippen molar-refractivity contribution in [2.45, 2.75) is 272 Å². The molecule has 1 saturated carbocycles. The molecule has 350 valence electrons. The summed E-state index contributed by atoms with van der Waals surface area (Å²) in [5, 5.41) is 3.35. The van der Waals surface area contributed by atoms with Crippen LogP contribution in [0.3, 0.4) is 0 Å². The lowest BCUT2D eigenvalue weighted by Crippen LogP contribution is -2.40. The van der Waals surface area contributed by atoms with Gasteiger partial charge in [0, 0.05) is 38.5 Å². The summed E-state index contributed by atoms with van der Waals surface area (Å²) in [4.78, 5) is 31.1. The predicted octanol–water partition coefficient (Wildman–Crippen LogP) is 15.0. The molecule has 0 saturated heterocycles. The zero-order valence-corrected chi connectivity index (χ0v) is 40.8. The Morgan fingerprint density at radius 1 is 0.508 bits per heavy atom. The Balaban J connectivity index is 2.47. The molecule has 0 bridgehead atoms. The first-order valence-corrected chi connectivity index (χ1v) is 26.9. The van der Waals surface area contributed by atoms with Crippen molar-refractivity contribution in [3.63, 3.8) is 0 Å². The number of esters is 1. The van der Waals surface area contributed by atoms with Gasteiger partial charge in [-0.2, -0.15) is 0 Å². The fourth-order valence-corrected chi connectivity index (χ4v) is 9.49. The average Bonchev–Trinajstić information content (AvgIpc) is 3.78. The van der Waals surface area contributed by atoms with Gasteiger partial charge >= 0.3 is 5.97 Å². The van der Waals surface area contributed by atoms with Crippen molar-refractivity contribution in [1.29, 1.82) is 0 Å². The number of carbonyl (C=O) groups excluding carboxylic acids is 2. The molecule has 1 aliphatic carbocycles. The first kappa shape index (κ1) is 55.9. The molecule has 0 aromatic carbocycles. The maximum absolute atomic E-state index is 12.9. The lowest BCUT2D eigenvalue weighted by Gasteiger charge is -2.31. The predicted molar refractivity (Wildman–Crippen MR) is 257 cm³/mol. The topological polar surface area (TPSA) is 61.9 Å². The van der Waals surface area contributed by atoms with Crippen molar-refractivity contribution in [1.82, 2.24) is 15.1 Å². The number of amides is 1. The largest absolute Gasteiger partial charge is 0.465 e. The van der Waals surface area contributed by atoms with Crippen molar-refractivity contribution in [3.8, 4) is 0 Å². The Morgan fingerprint density at radius 2 is 0.949 bits per heavy atom. The van der Waals surface area contributed by atoms with Gasteiger partial charge in [0.25, 0.3) is 0 Å². The van der Waals surface area contributed by atoms with Crippen molar-refractivity contribution in [3.05, 3.63) is 0 Å². The molecule has 59 heavy (non-hydrogen) atoms. The van der Waals surface area contributed by atoms with E-state index in [0.717, 1.165) is 83.8 Å². The van der Waals surface area contributed by atoms with Crippen LogP contribution in [0.2, 0.25) is 0 Å². The zero-order chi connectivity index (χ0) is 42.9. The van der Waals surface area contributed by atoms with E-state index in [2.05, 4.69) is 49.7 Å². The first-order valence-electron chi connectivity index (χ1n) is 26.9. The van der Waals surface area contributed by atoms with Gasteiger partial charge in [-0.1, -0.05) is 189 Å². The van der Waals surface area contributed by atoms with Crippen LogP contribution in [0.5, 0.6) is 0 Å². The molecule has 1 rings (SSSR count). The van der Waals surface area contributed by atoms with Crippen LogP contribution < -0.4 is 5.32 Å². The van der Waals surface area contributed by atoms with Crippen LogP contribution in [0.25, 0.3) is 0 Å². The van der Waals surface area contributed by atoms with E-state index in [1.807, 2.05) is 0 Å². The van der Waals surface area contributed by atoms with Crippen LogP contribution in [0.15, 0.2) is 0 Å². The SMILES string of the molecule is CCCCCCCCC(CCCCCC)CNC(=O)CCCCCN(CCCCCC(=O)OCC(CCCCCC)CCCCCCCC)CCN(CC)C1CCCC1. The van der Waals surface area contributed by atoms with E-state index in [0.29, 0.717) is 31.3 Å². The molecule has 1 fully saturated rings. The van der Waals surface area contributed by atoms with Gasteiger partial charge in [-0.25, -0.2) is 0 Å². The van der Waals surface area contributed by atoms with E-state index < -0.39 is 0 Å². The molecular weight excluding hydrogens is 727 g/mol. The van der Waals surface area contributed by atoms with Crippen LogP contribution in [0.1, 0.15) is 266 Å². The van der Waals surface area contributed by atoms with E-state index in [1.165, 1.54) is 180 Å². The molecule has 0 spiro atoms. The van der Waals surface area contributed by atoms with Crippen molar-refractivity contribution < 1.29 is 14.3 Å². The van der Waals surface area contributed by atoms with Gasteiger partial charge in [-0.05, 0) is 95.7 Å². The highest BCUT2D eigenvalue weighted by Crippen LogP contribution is 2.24. The molecule has 6 heteroatoms. The molecule has 1 aliphatic rings. The minimum absolute atomic E-state index is 0.0165. The maximum Gasteiger partial charge on any atom is 0.305 e. The van der Waals surface area contributed by atoms with Gasteiger partial charge in [0.05, 0.1) is 6.61 Å². The number of rotatable bonds is 45. The minimum atomic E-state index is 0.0165.